The number of Topliss-reactive ketones (excluding diaryl/α,β-unsaturated/α-hetero) is 1. The van der Waals surface area contributed by atoms with Crippen LogP contribution in [0.4, 0.5) is 5.69 Å². The minimum Gasteiger partial charge on any atom is -0.497 e. The van der Waals surface area contributed by atoms with Crippen molar-refractivity contribution in [2.45, 2.75) is 12.1 Å². The summed E-state index contributed by atoms with van der Waals surface area (Å²) in [6.07, 6.45) is 1.65. The molecule has 4 unspecified atom stereocenters. The van der Waals surface area contributed by atoms with Gasteiger partial charge in [0, 0.05) is 5.56 Å². The smallest absolute Gasteiger partial charge is 0.339 e. The molecule has 0 radical (unpaired) electrons. The number of ether oxygens (including phenoxy) is 2. The van der Waals surface area contributed by atoms with Crippen LogP contribution in [0.15, 0.2) is 77.9 Å². The number of esters is 1. The molecule has 6 rings (SSSR count). The number of hydrogen-bond donors (Lipinski definition) is 0. The molecule has 0 N–H and O–H groups in total. The Labute approximate surface area is 218 Å². The molecule has 3 aromatic rings. The average molecular weight is 510 g/mol. The Morgan fingerprint density at radius 1 is 0.842 bits per heavy atom. The summed E-state index contributed by atoms with van der Waals surface area (Å²) in [5.41, 5.74) is 2.23. The van der Waals surface area contributed by atoms with Crippen molar-refractivity contribution in [3.63, 3.8) is 0 Å². The van der Waals surface area contributed by atoms with Gasteiger partial charge in [0.25, 0.3) is 0 Å². The summed E-state index contributed by atoms with van der Waals surface area (Å²) in [6.45, 7) is 0. The van der Waals surface area contributed by atoms with Crippen molar-refractivity contribution >= 4 is 35.5 Å². The first kappa shape index (κ1) is 23.6. The number of ketones is 1. The molecule has 4 atom stereocenters. The number of hydrazone groups is 1. The second-order valence-corrected chi connectivity index (χ2v) is 9.31. The Kier molecular flexibility index (Phi) is 5.56. The van der Waals surface area contributed by atoms with Gasteiger partial charge in [-0.05, 0) is 47.5 Å². The van der Waals surface area contributed by atoms with Crippen molar-refractivity contribution in [2.75, 3.05) is 19.1 Å². The van der Waals surface area contributed by atoms with Gasteiger partial charge >= 0.3 is 5.97 Å². The Hall–Kier alpha value is -4.79. The molecule has 0 spiro atoms. The van der Waals surface area contributed by atoms with Crippen LogP contribution in [-0.4, -0.2) is 55.1 Å². The average Bonchev–Trinajstić information content (AvgIpc) is 3.44. The van der Waals surface area contributed by atoms with Gasteiger partial charge in [-0.25, -0.2) is 9.69 Å². The van der Waals surface area contributed by atoms with Crippen LogP contribution >= 0.6 is 0 Å². The summed E-state index contributed by atoms with van der Waals surface area (Å²) in [4.78, 5) is 55.6. The Morgan fingerprint density at radius 3 is 2.26 bits per heavy atom. The van der Waals surface area contributed by atoms with Crippen LogP contribution in [0, 0.1) is 11.8 Å². The van der Waals surface area contributed by atoms with Crippen molar-refractivity contribution < 1.29 is 28.7 Å². The molecule has 0 aliphatic carbocycles. The van der Waals surface area contributed by atoms with E-state index in [0.717, 1.165) is 16.0 Å². The van der Waals surface area contributed by atoms with Crippen LogP contribution in [0.5, 0.6) is 5.75 Å². The van der Waals surface area contributed by atoms with Crippen LogP contribution in [0.25, 0.3) is 0 Å². The number of amides is 2. The number of nitrogens with zero attached hydrogens (tertiary/aromatic N) is 3. The largest absolute Gasteiger partial charge is 0.497 e. The van der Waals surface area contributed by atoms with E-state index in [1.165, 1.54) is 26.4 Å². The van der Waals surface area contributed by atoms with Gasteiger partial charge in [0.15, 0.2) is 5.78 Å². The number of anilines is 1. The predicted molar refractivity (Wildman–Crippen MR) is 137 cm³/mol. The third-order valence-electron chi connectivity index (χ3n) is 7.49. The number of imide groups is 1. The normalized spacial score (nSPS) is 23.1. The molecule has 3 aromatic carbocycles. The lowest BCUT2D eigenvalue weighted by atomic mass is 9.83. The van der Waals surface area contributed by atoms with Crippen molar-refractivity contribution in [1.29, 1.82) is 0 Å². The highest BCUT2D eigenvalue weighted by Crippen LogP contribution is 2.53. The number of fused-ring (bicyclic) bond motifs is 5. The van der Waals surface area contributed by atoms with Crippen LogP contribution in [-0.2, 0) is 14.3 Å². The number of carbonyl (C=O) groups excluding carboxylic acids is 4. The summed E-state index contributed by atoms with van der Waals surface area (Å²) in [6, 6.07) is 18.8. The van der Waals surface area contributed by atoms with Gasteiger partial charge < -0.3 is 9.47 Å². The fraction of sp³-hybridized carbons (Fsp3) is 0.207. The van der Waals surface area contributed by atoms with Gasteiger partial charge in [-0.15, -0.1) is 0 Å². The molecular formula is C29H23N3O6. The van der Waals surface area contributed by atoms with E-state index in [1.807, 2.05) is 24.3 Å². The highest BCUT2D eigenvalue weighted by Gasteiger charge is 2.65. The first-order valence-electron chi connectivity index (χ1n) is 12.1. The van der Waals surface area contributed by atoms with Crippen LogP contribution in [0.2, 0.25) is 0 Å². The second kappa shape index (κ2) is 8.95. The molecule has 0 saturated carbocycles. The monoisotopic (exact) mass is 509 g/mol. The zero-order valence-electron chi connectivity index (χ0n) is 20.6. The van der Waals surface area contributed by atoms with E-state index < -0.39 is 41.7 Å². The molecule has 0 aromatic heterocycles. The molecule has 0 bridgehead atoms. The van der Waals surface area contributed by atoms with E-state index in [1.54, 1.807) is 47.6 Å². The molecule has 190 valence electrons. The van der Waals surface area contributed by atoms with E-state index in [-0.39, 0.29) is 17.0 Å². The maximum atomic E-state index is 14.1. The van der Waals surface area contributed by atoms with Gasteiger partial charge in [-0.1, -0.05) is 36.4 Å². The number of para-hydroxylation sites is 1. The number of benzene rings is 3. The SMILES string of the molecule is COC(=O)c1ccccc1N1C(=O)C2C(C1=O)C1c3ccccc3C=NN1C2C(=O)c1ccc(OC)cc1. The fourth-order valence-corrected chi connectivity index (χ4v) is 5.78. The molecule has 2 fully saturated rings. The number of carbonyl (C=O) groups is 4. The molecule has 9 heteroatoms. The summed E-state index contributed by atoms with van der Waals surface area (Å²) >= 11 is 0. The van der Waals surface area contributed by atoms with Crippen molar-refractivity contribution in [3.05, 3.63) is 95.1 Å². The van der Waals surface area contributed by atoms with Crippen molar-refractivity contribution in [3.8, 4) is 5.75 Å². The molecule has 3 heterocycles. The van der Waals surface area contributed by atoms with E-state index in [0.29, 0.717) is 11.3 Å². The molecule has 3 aliphatic heterocycles. The van der Waals surface area contributed by atoms with Crippen LogP contribution < -0.4 is 9.64 Å². The number of methoxy groups -OCH3 is 2. The van der Waals surface area contributed by atoms with Crippen molar-refractivity contribution in [2.24, 2.45) is 16.9 Å². The van der Waals surface area contributed by atoms with Gasteiger partial charge in [0.05, 0.1) is 49.6 Å². The third kappa shape index (κ3) is 3.35. The number of rotatable bonds is 5. The maximum absolute atomic E-state index is 14.1. The van der Waals surface area contributed by atoms with E-state index in [4.69, 9.17) is 9.47 Å². The molecule has 2 amide bonds. The molecular weight excluding hydrogens is 486 g/mol. The Balaban J connectivity index is 1.49. The standard InChI is InChI=1S/C29H23N3O6/c1-37-18-13-11-16(12-14-18)26(33)25-23-22(24-19-8-4-3-7-17(19)15-30-32(24)25)27(34)31(28(23)35)21-10-6-5-9-20(21)29(36)38-2/h3-15,22-25H,1-2H3. The number of hydrogen-bond acceptors (Lipinski definition) is 8. The summed E-state index contributed by atoms with van der Waals surface area (Å²) in [5.74, 6) is -3.32. The van der Waals surface area contributed by atoms with Gasteiger partial charge in [0.1, 0.15) is 11.8 Å². The summed E-state index contributed by atoms with van der Waals surface area (Å²) < 4.78 is 10.1. The lowest BCUT2D eigenvalue weighted by molar-refractivity contribution is -0.124. The van der Waals surface area contributed by atoms with Crippen LogP contribution in [0.3, 0.4) is 0 Å². The molecule has 9 nitrogen and oxygen atoms in total. The van der Waals surface area contributed by atoms with E-state index >= 15 is 0 Å². The molecule has 3 aliphatic rings. The first-order valence-corrected chi connectivity index (χ1v) is 12.1. The Morgan fingerprint density at radius 2 is 1.53 bits per heavy atom. The zero-order chi connectivity index (χ0) is 26.6. The summed E-state index contributed by atoms with van der Waals surface area (Å²) in [7, 11) is 2.77. The highest BCUT2D eigenvalue weighted by molar-refractivity contribution is 6.26. The lowest BCUT2D eigenvalue weighted by Gasteiger charge is -2.34. The van der Waals surface area contributed by atoms with Crippen LogP contribution in [0.1, 0.15) is 37.9 Å². The van der Waals surface area contributed by atoms with E-state index in [9.17, 15) is 19.2 Å². The summed E-state index contributed by atoms with van der Waals surface area (Å²) in [5, 5.41) is 6.17. The molecule has 2 saturated heterocycles. The minimum atomic E-state index is -1.02. The van der Waals surface area contributed by atoms with E-state index in [2.05, 4.69) is 5.10 Å². The molecule has 38 heavy (non-hydrogen) atoms. The first-order chi connectivity index (χ1) is 18.5. The minimum absolute atomic E-state index is 0.0913. The predicted octanol–water partition coefficient (Wildman–Crippen LogP) is 3.24. The Bertz CT molecular complexity index is 1510. The fourth-order valence-electron chi connectivity index (χ4n) is 5.78. The second-order valence-electron chi connectivity index (χ2n) is 9.31. The lowest BCUT2D eigenvalue weighted by Crippen LogP contribution is -2.45. The van der Waals surface area contributed by atoms with Gasteiger partial charge in [0.2, 0.25) is 11.8 Å². The van der Waals surface area contributed by atoms with Gasteiger partial charge in [-0.3, -0.25) is 19.4 Å². The highest BCUT2D eigenvalue weighted by atomic mass is 16.5. The maximum Gasteiger partial charge on any atom is 0.339 e. The van der Waals surface area contributed by atoms with Crippen molar-refractivity contribution in [1.82, 2.24) is 5.01 Å². The third-order valence-corrected chi connectivity index (χ3v) is 7.49. The quantitative estimate of drug-likeness (QED) is 0.295. The topological polar surface area (TPSA) is 106 Å². The van der Waals surface area contributed by atoms with Gasteiger partial charge in [-0.2, -0.15) is 5.10 Å². The zero-order valence-corrected chi connectivity index (χ0v) is 20.6.